The van der Waals surface area contributed by atoms with Crippen molar-refractivity contribution in [3.05, 3.63) is 101 Å². The number of imide groups is 2. The summed E-state index contributed by atoms with van der Waals surface area (Å²) in [5.74, 6) is -6.06. The lowest BCUT2D eigenvalue weighted by atomic mass is 9.56. The number of hydrogen-bond donors (Lipinski definition) is 1. The minimum absolute atomic E-state index is 0.0829. The Balaban J connectivity index is 1.35. The summed E-state index contributed by atoms with van der Waals surface area (Å²) >= 11 is 14.7. The van der Waals surface area contributed by atoms with E-state index < -0.39 is 51.1 Å². The van der Waals surface area contributed by atoms with Gasteiger partial charge in [-0.25, -0.2) is 9.29 Å². The SMILES string of the molecule is CCCN1C(=O)C2CC=C3C(CC4(Cl)C(=O)N(c5ccc(F)cc5)C(=O)C4(Cl)C3c3ccc(OCc4ccccc4)cc3O)C2C1=O. The fourth-order valence-corrected chi connectivity index (χ4v) is 8.78. The molecule has 0 aromatic heterocycles. The van der Waals surface area contributed by atoms with Gasteiger partial charge in [0, 0.05) is 24.1 Å². The highest BCUT2D eigenvalue weighted by molar-refractivity contribution is 6.58. The normalized spacial score (nSPS) is 29.8. The second-order valence-corrected chi connectivity index (χ2v) is 13.8. The molecule has 6 unspecified atom stereocenters. The second kappa shape index (κ2) is 11.5. The van der Waals surface area contributed by atoms with Crippen molar-refractivity contribution in [2.45, 2.75) is 48.5 Å². The molecule has 8 nitrogen and oxygen atoms in total. The van der Waals surface area contributed by atoms with Crippen LogP contribution in [-0.4, -0.2) is 49.9 Å². The monoisotopic (exact) mass is 676 g/mol. The first kappa shape index (κ1) is 31.4. The van der Waals surface area contributed by atoms with Crippen LogP contribution in [0.1, 0.15) is 43.2 Å². The first-order valence-electron chi connectivity index (χ1n) is 15.6. The van der Waals surface area contributed by atoms with Crippen LogP contribution >= 0.6 is 23.2 Å². The molecule has 0 spiro atoms. The van der Waals surface area contributed by atoms with Crippen LogP contribution in [0.3, 0.4) is 0 Å². The van der Waals surface area contributed by atoms with Crippen LogP contribution < -0.4 is 9.64 Å². The first-order chi connectivity index (χ1) is 22.5. The van der Waals surface area contributed by atoms with E-state index in [4.69, 9.17) is 27.9 Å². The number of fused-ring (bicyclic) bond motifs is 4. The molecule has 2 saturated heterocycles. The molecular weight excluding hydrogens is 646 g/mol. The van der Waals surface area contributed by atoms with Crippen LogP contribution in [0.15, 0.2) is 84.4 Å². The van der Waals surface area contributed by atoms with Crippen molar-refractivity contribution in [1.29, 1.82) is 0 Å². The molecule has 6 atom stereocenters. The van der Waals surface area contributed by atoms with Crippen LogP contribution in [0.25, 0.3) is 0 Å². The number of phenols is 1. The predicted octanol–water partition coefficient (Wildman–Crippen LogP) is 6.08. The summed E-state index contributed by atoms with van der Waals surface area (Å²) < 4.78 is 19.8. The summed E-state index contributed by atoms with van der Waals surface area (Å²) in [6.45, 7) is 2.39. The van der Waals surface area contributed by atoms with Crippen LogP contribution in [0.5, 0.6) is 11.5 Å². The average Bonchev–Trinajstić information content (AvgIpc) is 3.39. The van der Waals surface area contributed by atoms with Gasteiger partial charge in [-0.15, -0.1) is 23.2 Å². The number of anilines is 1. The number of phenolic OH excluding ortho intramolecular Hbond substituents is 1. The molecule has 2 aliphatic carbocycles. The first-order valence-corrected chi connectivity index (χ1v) is 16.3. The smallest absolute Gasteiger partial charge is 0.258 e. The van der Waals surface area contributed by atoms with Gasteiger partial charge in [0.1, 0.15) is 23.9 Å². The Kier molecular flexibility index (Phi) is 7.67. The fourth-order valence-electron chi connectivity index (χ4n) is 7.85. The number of rotatable bonds is 7. The summed E-state index contributed by atoms with van der Waals surface area (Å²) in [5, 5.41) is 11.5. The molecule has 2 aliphatic heterocycles. The average molecular weight is 678 g/mol. The summed E-state index contributed by atoms with van der Waals surface area (Å²) in [6, 6.07) is 18.9. The molecule has 3 fully saturated rings. The van der Waals surface area contributed by atoms with E-state index >= 15 is 0 Å². The maximum absolute atomic E-state index is 14.5. The summed E-state index contributed by atoms with van der Waals surface area (Å²) in [7, 11) is 0. The van der Waals surface area contributed by atoms with E-state index in [1.54, 1.807) is 12.1 Å². The minimum Gasteiger partial charge on any atom is -0.508 e. The standard InChI is InChI=1S/C36H31Cl2FN2O6/c1-2-16-40-31(43)26-15-14-24-27(29(26)32(40)44)18-35(37)33(45)41(22-10-8-21(39)9-11-22)34(46)36(35,38)30(24)25-13-12-23(17-28(25)42)47-19-20-6-4-3-5-7-20/h3-14,17,26-27,29-30,42H,2,15-16,18-19H2,1H3. The van der Waals surface area contributed by atoms with Crippen LogP contribution in [0, 0.1) is 23.6 Å². The molecule has 3 aromatic rings. The van der Waals surface area contributed by atoms with Gasteiger partial charge in [-0.1, -0.05) is 55.0 Å². The van der Waals surface area contributed by atoms with Gasteiger partial charge in [-0.2, -0.15) is 0 Å². The topological polar surface area (TPSA) is 104 Å². The molecule has 242 valence electrons. The molecule has 4 amide bonds. The molecule has 4 aliphatic rings. The fraction of sp³-hybridized carbons (Fsp3) is 0.333. The lowest BCUT2D eigenvalue weighted by molar-refractivity contribution is -0.140. The number of likely N-dealkylation sites (tertiary alicyclic amines) is 1. The Morgan fingerprint density at radius 1 is 0.936 bits per heavy atom. The van der Waals surface area contributed by atoms with Gasteiger partial charge in [0.05, 0.1) is 17.5 Å². The van der Waals surface area contributed by atoms with Crippen LogP contribution in [0.4, 0.5) is 10.1 Å². The van der Waals surface area contributed by atoms with E-state index in [-0.39, 0.29) is 54.8 Å². The zero-order valence-corrected chi connectivity index (χ0v) is 26.9. The Bertz CT molecular complexity index is 1830. The van der Waals surface area contributed by atoms with Crippen molar-refractivity contribution in [2.75, 3.05) is 11.4 Å². The summed E-state index contributed by atoms with van der Waals surface area (Å²) in [5.41, 5.74) is 1.78. The van der Waals surface area contributed by atoms with Crippen LogP contribution in [0.2, 0.25) is 0 Å². The van der Waals surface area contributed by atoms with Gasteiger partial charge in [0.15, 0.2) is 9.75 Å². The summed E-state index contributed by atoms with van der Waals surface area (Å²) in [4.78, 5) is 53.9. The maximum Gasteiger partial charge on any atom is 0.258 e. The lowest BCUT2D eigenvalue weighted by Crippen LogP contribution is -2.60. The van der Waals surface area contributed by atoms with Crippen molar-refractivity contribution < 1.29 is 33.4 Å². The number of alkyl halides is 2. The molecule has 3 aromatic carbocycles. The van der Waals surface area contributed by atoms with E-state index in [1.165, 1.54) is 23.1 Å². The Morgan fingerprint density at radius 3 is 2.34 bits per heavy atom. The van der Waals surface area contributed by atoms with Gasteiger partial charge in [-0.05, 0) is 61.1 Å². The highest BCUT2D eigenvalue weighted by Gasteiger charge is 2.76. The molecule has 11 heteroatoms. The van der Waals surface area contributed by atoms with E-state index in [1.807, 2.05) is 43.3 Å². The van der Waals surface area contributed by atoms with E-state index in [2.05, 4.69) is 0 Å². The number of aromatic hydroxyl groups is 1. The molecule has 2 heterocycles. The molecular formula is C36H31Cl2FN2O6. The third kappa shape index (κ3) is 4.61. The van der Waals surface area contributed by atoms with Crippen LogP contribution in [-0.2, 0) is 25.8 Å². The number of hydrogen-bond acceptors (Lipinski definition) is 6. The Labute approximate surface area is 280 Å². The third-order valence-electron chi connectivity index (χ3n) is 10.00. The number of carbonyl (C=O) groups excluding carboxylic acids is 4. The van der Waals surface area contributed by atoms with Gasteiger partial charge in [-0.3, -0.25) is 24.1 Å². The predicted molar refractivity (Wildman–Crippen MR) is 172 cm³/mol. The van der Waals surface area contributed by atoms with Crippen molar-refractivity contribution in [3.63, 3.8) is 0 Å². The van der Waals surface area contributed by atoms with Crippen molar-refractivity contribution >= 4 is 52.5 Å². The molecule has 0 bridgehead atoms. The molecule has 1 N–H and O–H groups in total. The lowest BCUT2D eigenvalue weighted by Gasteiger charge is -2.50. The number of halogens is 3. The van der Waals surface area contributed by atoms with E-state index in [0.717, 1.165) is 22.6 Å². The Morgan fingerprint density at radius 2 is 1.66 bits per heavy atom. The molecule has 7 rings (SSSR count). The van der Waals surface area contributed by atoms with Crippen molar-refractivity contribution in [1.82, 2.24) is 4.90 Å². The molecule has 47 heavy (non-hydrogen) atoms. The molecule has 1 saturated carbocycles. The number of amides is 4. The summed E-state index contributed by atoms with van der Waals surface area (Å²) in [6.07, 6.45) is 2.43. The second-order valence-electron chi connectivity index (χ2n) is 12.6. The number of benzene rings is 3. The number of carbonyl (C=O) groups is 4. The molecule has 0 radical (unpaired) electrons. The van der Waals surface area contributed by atoms with Crippen molar-refractivity contribution in [2.24, 2.45) is 17.8 Å². The quantitative estimate of drug-likeness (QED) is 0.185. The van der Waals surface area contributed by atoms with E-state index in [0.29, 0.717) is 17.7 Å². The minimum atomic E-state index is -2.14. The number of nitrogens with zero attached hydrogens (tertiary/aromatic N) is 2. The van der Waals surface area contributed by atoms with Crippen molar-refractivity contribution in [3.8, 4) is 11.5 Å². The third-order valence-corrected chi connectivity index (χ3v) is 11.4. The van der Waals surface area contributed by atoms with E-state index in [9.17, 15) is 28.7 Å². The number of ether oxygens (including phenoxy) is 1. The highest BCUT2D eigenvalue weighted by atomic mass is 35.5. The van der Waals surface area contributed by atoms with Gasteiger partial charge in [0.2, 0.25) is 11.8 Å². The van der Waals surface area contributed by atoms with Gasteiger partial charge < -0.3 is 9.84 Å². The Hall–Kier alpha value is -4.21. The number of allylic oxidation sites excluding steroid dienone is 2. The van der Waals surface area contributed by atoms with Gasteiger partial charge >= 0.3 is 0 Å². The largest absolute Gasteiger partial charge is 0.508 e. The van der Waals surface area contributed by atoms with Gasteiger partial charge in [0.25, 0.3) is 11.8 Å². The highest BCUT2D eigenvalue weighted by Crippen LogP contribution is 2.66. The maximum atomic E-state index is 14.5. The zero-order chi connectivity index (χ0) is 33.2. The zero-order valence-electron chi connectivity index (χ0n) is 25.4.